The summed E-state index contributed by atoms with van der Waals surface area (Å²) in [7, 11) is 5.06. The molecule has 1 heterocycles. The standard InChI is InChI=1S/C19H19N3O3S.C2H6O/c1-22-18(14-9-10-16(24-2)17(11-14)25-3)20-21-19(22)26-12-15(23)13-7-5-4-6-8-13;1-2-3/h4-11H,12H2,1-3H3;3H,2H2,1H3. The van der Waals surface area contributed by atoms with Crippen molar-refractivity contribution in [1.82, 2.24) is 14.8 Å². The van der Waals surface area contributed by atoms with E-state index in [1.807, 2.05) is 60.1 Å². The van der Waals surface area contributed by atoms with Gasteiger partial charge in [0, 0.05) is 24.8 Å². The molecule has 0 aliphatic carbocycles. The molecule has 0 amide bonds. The Morgan fingerprint density at radius 2 is 1.72 bits per heavy atom. The summed E-state index contributed by atoms with van der Waals surface area (Å²) in [5, 5.41) is 16.7. The Labute approximate surface area is 174 Å². The molecule has 0 fully saturated rings. The highest BCUT2D eigenvalue weighted by atomic mass is 32.2. The van der Waals surface area contributed by atoms with Gasteiger partial charge in [0.05, 0.1) is 20.0 Å². The van der Waals surface area contributed by atoms with Gasteiger partial charge in [0.15, 0.2) is 28.3 Å². The minimum Gasteiger partial charge on any atom is -0.493 e. The van der Waals surface area contributed by atoms with Gasteiger partial charge in [-0.2, -0.15) is 0 Å². The minimum absolute atomic E-state index is 0.0614. The smallest absolute Gasteiger partial charge is 0.191 e. The van der Waals surface area contributed by atoms with Crippen LogP contribution in [0.5, 0.6) is 11.5 Å². The van der Waals surface area contributed by atoms with Crippen LogP contribution in [0.2, 0.25) is 0 Å². The van der Waals surface area contributed by atoms with E-state index in [0.29, 0.717) is 33.8 Å². The normalized spacial score (nSPS) is 10.1. The van der Waals surface area contributed by atoms with Gasteiger partial charge in [-0.3, -0.25) is 4.79 Å². The molecule has 0 radical (unpaired) electrons. The molecular formula is C21H25N3O4S. The summed E-state index contributed by atoms with van der Waals surface area (Å²) >= 11 is 1.37. The summed E-state index contributed by atoms with van der Waals surface area (Å²) in [5.74, 6) is 2.34. The zero-order valence-electron chi connectivity index (χ0n) is 17.0. The molecule has 3 aromatic rings. The molecule has 1 N–H and O–H groups in total. The van der Waals surface area contributed by atoms with Crippen molar-refractivity contribution in [1.29, 1.82) is 0 Å². The van der Waals surface area contributed by atoms with Crippen LogP contribution >= 0.6 is 11.8 Å². The summed E-state index contributed by atoms with van der Waals surface area (Å²) in [6.07, 6.45) is 0. The maximum Gasteiger partial charge on any atom is 0.191 e. The van der Waals surface area contributed by atoms with E-state index in [2.05, 4.69) is 10.2 Å². The van der Waals surface area contributed by atoms with Gasteiger partial charge in [0.2, 0.25) is 0 Å². The highest BCUT2D eigenvalue weighted by Crippen LogP contribution is 2.32. The Morgan fingerprint density at radius 1 is 1.07 bits per heavy atom. The molecule has 7 nitrogen and oxygen atoms in total. The first-order chi connectivity index (χ1) is 14.0. The fraction of sp³-hybridized carbons (Fsp3) is 0.286. The molecule has 0 spiro atoms. The number of aliphatic hydroxyl groups excluding tert-OH is 1. The third-order valence-electron chi connectivity index (χ3n) is 3.90. The molecule has 29 heavy (non-hydrogen) atoms. The zero-order valence-corrected chi connectivity index (χ0v) is 17.8. The maximum atomic E-state index is 12.3. The molecule has 0 saturated carbocycles. The lowest BCUT2D eigenvalue weighted by molar-refractivity contribution is 0.102. The van der Waals surface area contributed by atoms with Crippen LogP contribution in [0.4, 0.5) is 0 Å². The van der Waals surface area contributed by atoms with Crippen molar-refractivity contribution in [3.05, 3.63) is 54.1 Å². The fourth-order valence-corrected chi connectivity index (χ4v) is 3.31. The van der Waals surface area contributed by atoms with Crippen LogP contribution in [-0.2, 0) is 7.05 Å². The maximum absolute atomic E-state index is 12.3. The largest absolute Gasteiger partial charge is 0.493 e. The van der Waals surface area contributed by atoms with Crippen LogP contribution in [0.3, 0.4) is 0 Å². The third kappa shape index (κ3) is 5.82. The number of carbonyl (C=O) groups excluding carboxylic acids is 1. The van der Waals surface area contributed by atoms with Gasteiger partial charge < -0.3 is 19.1 Å². The average Bonchev–Trinajstić information content (AvgIpc) is 3.13. The van der Waals surface area contributed by atoms with Crippen LogP contribution in [0.25, 0.3) is 11.4 Å². The number of aromatic nitrogens is 3. The topological polar surface area (TPSA) is 86.5 Å². The molecule has 2 aromatic carbocycles. The molecule has 8 heteroatoms. The molecule has 0 saturated heterocycles. The molecular weight excluding hydrogens is 390 g/mol. The quantitative estimate of drug-likeness (QED) is 0.467. The fourth-order valence-electron chi connectivity index (χ4n) is 2.50. The van der Waals surface area contributed by atoms with Crippen molar-refractivity contribution in [3.63, 3.8) is 0 Å². The molecule has 3 rings (SSSR count). The van der Waals surface area contributed by atoms with E-state index in [1.165, 1.54) is 11.8 Å². The number of ketones is 1. The summed E-state index contributed by atoms with van der Waals surface area (Å²) < 4.78 is 12.5. The summed E-state index contributed by atoms with van der Waals surface area (Å²) in [4.78, 5) is 12.3. The van der Waals surface area contributed by atoms with Crippen molar-refractivity contribution < 1.29 is 19.4 Å². The Hall–Kier alpha value is -2.84. The SMILES string of the molecule is CCO.COc1ccc(-c2nnc(SCC(=O)c3ccccc3)n2C)cc1OC. The Kier molecular flexibility index (Phi) is 8.69. The zero-order chi connectivity index (χ0) is 21.2. The minimum atomic E-state index is 0.0614. The molecule has 0 aliphatic heterocycles. The van der Waals surface area contributed by atoms with Gasteiger partial charge >= 0.3 is 0 Å². The second-order valence-corrected chi connectivity index (χ2v) is 6.77. The van der Waals surface area contributed by atoms with E-state index in [4.69, 9.17) is 14.6 Å². The highest BCUT2D eigenvalue weighted by molar-refractivity contribution is 7.99. The lowest BCUT2D eigenvalue weighted by Gasteiger charge is -2.09. The average molecular weight is 416 g/mol. The highest BCUT2D eigenvalue weighted by Gasteiger charge is 2.15. The van der Waals surface area contributed by atoms with Crippen LogP contribution in [-0.4, -0.2) is 52.2 Å². The van der Waals surface area contributed by atoms with Gasteiger partial charge in [-0.1, -0.05) is 42.1 Å². The number of nitrogens with zero attached hydrogens (tertiary/aromatic N) is 3. The van der Waals surface area contributed by atoms with Crippen LogP contribution in [0.1, 0.15) is 17.3 Å². The first kappa shape index (κ1) is 22.4. The number of hydrogen-bond donors (Lipinski definition) is 1. The number of hydrogen-bond acceptors (Lipinski definition) is 7. The number of carbonyl (C=O) groups is 1. The van der Waals surface area contributed by atoms with Crippen molar-refractivity contribution in [2.24, 2.45) is 7.05 Å². The first-order valence-corrected chi connectivity index (χ1v) is 9.97. The monoisotopic (exact) mass is 415 g/mol. The number of aliphatic hydroxyl groups is 1. The van der Waals surface area contributed by atoms with E-state index >= 15 is 0 Å². The first-order valence-electron chi connectivity index (χ1n) is 8.99. The summed E-state index contributed by atoms with van der Waals surface area (Å²) in [6.45, 7) is 1.93. The molecule has 154 valence electrons. The lowest BCUT2D eigenvalue weighted by atomic mass is 10.2. The van der Waals surface area contributed by atoms with Crippen LogP contribution < -0.4 is 9.47 Å². The van der Waals surface area contributed by atoms with Gasteiger partial charge in [0.1, 0.15) is 0 Å². The Morgan fingerprint density at radius 3 is 2.34 bits per heavy atom. The Balaban J connectivity index is 0.000000941. The van der Waals surface area contributed by atoms with E-state index in [9.17, 15) is 4.79 Å². The second-order valence-electron chi connectivity index (χ2n) is 5.83. The third-order valence-corrected chi connectivity index (χ3v) is 4.93. The van der Waals surface area contributed by atoms with Crippen molar-refractivity contribution in [3.8, 4) is 22.9 Å². The molecule has 0 unspecified atom stereocenters. The van der Waals surface area contributed by atoms with Crippen LogP contribution in [0, 0.1) is 0 Å². The predicted molar refractivity (Wildman–Crippen MR) is 114 cm³/mol. The van der Waals surface area contributed by atoms with Gasteiger partial charge in [-0.25, -0.2) is 0 Å². The van der Waals surface area contributed by atoms with E-state index in [-0.39, 0.29) is 12.4 Å². The number of rotatable bonds is 7. The van der Waals surface area contributed by atoms with E-state index in [1.54, 1.807) is 21.1 Å². The predicted octanol–water partition coefficient (Wildman–Crippen LogP) is 3.47. The number of benzene rings is 2. The lowest BCUT2D eigenvalue weighted by Crippen LogP contribution is -2.03. The summed E-state index contributed by atoms with van der Waals surface area (Å²) in [5.41, 5.74) is 1.56. The van der Waals surface area contributed by atoms with Gasteiger partial charge in [-0.05, 0) is 25.1 Å². The molecule has 1 aromatic heterocycles. The molecule has 0 bridgehead atoms. The molecule has 0 atom stereocenters. The van der Waals surface area contributed by atoms with Crippen molar-refractivity contribution in [2.75, 3.05) is 26.6 Å². The van der Waals surface area contributed by atoms with Crippen molar-refractivity contribution >= 4 is 17.5 Å². The number of Topliss-reactive ketones (excluding diaryl/α,β-unsaturated/α-hetero) is 1. The van der Waals surface area contributed by atoms with Crippen molar-refractivity contribution in [2.45, 2.75) is 12.1 Å². The number of ether oxygens (including phenoxy) is 2. The van der Waals surface area contributed by atoms with Crippen LogP contribution in [0.15, 0.2) is 53.7 Å². The number of methoxy groups -OCH3 is 2. The molecule has 0 aliphatic rings. The number of thioether (sulfide) groups is 1. The Bertz CT molecular complexity index is 929. The second kappa shape index (κ2) is 11.2. The van der Waals surface area contributed by atoms with E-state index in [0.717, 1.165) is 5.56 Å². The van der Waals surface area contributed by atoms with Gasteiger partial charge in [0.25, 0.3) is 0 Å². The van der Waals surface area contributed by atoms with E-state index < -0.39 is 0 Å². The van der Waals surface area contributed by atoms with Gasteiger partial charge in [-0.15, -0.1) is 10.2 Å². The summed E-state index contributed by atoms with van der Waals surface area (Å²) in [6, 6.07) is 14.8.